The van der Waals surface area contributed by atoms with Crippen molar-refractivity contribution in [1.82, 2.24) is 0 Å². The molecular formula is C6H11ClO5. The van der Waals surface area contributed by atoms with Gasteiger partial charge in [-0.05, 0) is 0 Å². The molecule has 0 saturated carbocycles. The highest BCUT2D eigenvalue weighted by atomic mass is 35.5. The van der Waals surface area contributed by atoms with Crippen molar-refractivity contribution in [1.29, 1.82) is 0 Å². The van der Waals surface area contributed by atoms with Gasteiger partial charge in [-0.25, -0.2) is 0 Å². The number of Topliss-reactive ketones (excluding diaryl/α,β-unsaturated/α-hetero) is 1. The van der Waals surface area contributed by atoms with Gasteiger partial charge in [0, 0.05) is 0 Å². The summed E-state index contributed by atoms with van der Waals surface area (Å²) in [7, 11) is 0. The standard InChI is InChI=1S/C6H11ClO5/c7-5(3(10)1-8)6(12)4(11)2-9/h3-5,8-11H,1-2H2/t3-,4+,5+/m1/s1. The van der Waals surface area contributed by atoms with Gasteiger partial charge < -0.3 is 20.4 Å². The molecule has 0 aliphatic carbocycles. The first-order valence-corrected chi connectivity index (χ1v) is 3.73. The zero-order chi connectivity index (χ0) is 9.72. The summed E-state index contributed by atoms with van der Waals surface area (Å²) in [4.78, 5) is 10.9. The molecule has 0 saturated heterocycles. The molecule has 0 rings (SSSR count). The van der Waals surface area contributed by atoms with E-state index in [4.69, 9.17) is 32.0 Å². The van der Waals surface area contributed by atoms with Crippen molar-refractivity contribution in [2.75, 3.05) is 13.2 Å². The number of carbonyl (C=O) groups excluding carboxylic acids is 1. The smallest absolute Gasteiger partial charge is 0.184 e. The number of hydrogen-bond donors (Lipinski definition) is 4. The first kappa shape index (κ1) is 11.8. The largest absolute Gasteiger partial charge is 0.394 e. The highest BCUT2D eigenvalue weighted by Gasteiger charge is 2.28. The van der Waals surface area contributed by atoms with E-state index in [9.17, 15) is 4.79 Å². The number of halogens is 1. The van der Waals surface area contributed by atoms with Crippen molar-refractivity contribution in [2.24, 2.45) is 0 Å². The van der Waals surface area contributed by atoms with E-state index in [-0.39, 0.29) is 0 Å². The predicted octanol–water partition coefficient (Wildman–Crippen LogP) is -2.13. The lowest BCUT2D eigenvalue weighted by molar-refractivity contribution is -0.130. The maximum Gasteiger partial charge on any atom is 0.184 e. The summed E-state index contributed by atoms with van der Waals surface area (Å²) in [6, 6.07) is 0. The molecule has 0 aliphatic rings. The van der Waals surface area contributed by atoms with E-state index in [0.717, 1.165) is 0 Å². The normalized spacial score (nSPS) is 18.4. The summed E-state index contributed by atoms with van der Waals surface area (Å²) >= 11 is 5.32. The minimum atomic E-state index is -1.60. The van der Waals surface area contributed by atoms with Crippen LogP contribution in [0.25, 0.3) is 0 Å². The van der Waals surface area contributed by atoms with Crippen LogP contribution < -0.4 is 0 Å². The molecule has 0 fully saturated rings. The van der Waals surface area contributed by atoms with Crippen molar-refractivity contribution in [2.45, 2.75) is 17.6 Å². The third-order valence-electron chi connectivity index (χ3n) is 1.30. The van der Waals surface area contributed by atoms with Gasteiger partial charge in [0.05, 0.1) is 13.2 Å². The SMILES string of the molecule is O=C([C@@H](Cl)[C@H](O)CO)[C@@H](O)CO. The Morgan fingerprint density at radius 3 is 2.08 bits per heavy atom. The third-order valence-corrected chi connectivity index (χ3v) is 1.80. The fourth-order valence-corrected chi connectivity index (χ4v) is 0.781. The Morgan fingerprint density at radius 1 is 1.25 bits per heavy atom. The molecule has 0 aromatic heterocycles. The number of ketones is 1. The van der Waals surface area contributed by atoms with Crippen molar-refractivity contribution < 1.29 is 25.2 Å². The van der Waals surface area contributed by atoms with Crippen molar-refractivity contribution in [3.8, 4) is 0 Å². The summed E-state index contributed by atoms with van der Waals surface area (Å²) in [5.41, 5.74) is 0. The van der Waals surface area contributed by atoms with Crippen molar-refractivity contribution >= 4 is 17.4 Å². The van der Waals surface area contributed by atoms with Crippen LogP contribution >= 0.6 is 11.6 Å². The Morgan fingerprint density at radius 2 is 1.75 bits per heavy atom. The van der Waals surface area contributed by atoms with E-state index < -0.39 is 36.6 Å². The van der Waals surface area contributed by atoms with Crippen LogP contribution in [-0.4, -0.2) is 57.0 Å². The molecule has 0 bridgehead atoms. The number of aliphatic hydroxyl groups excluding tert-OH is 4. The second-order valence-corrected chi connectivity index (χ2v) is 2.72. The highest BCUT2D eigenvalue weighted by molar-refractivity contribution is 6.32. The fraction of sp³-hybridized carbons (Fsp3) is 0.833. The number of alkyl halides is 1. The van der Waals surface area contributed by atoms with Crippen molar-refractivity contribution in [3.63, 3.8) is 0 Å². The lowest BCUT2D eigenvalue weighted by Crippen LogP contribution is -2.40. The summed E-state index contributed by atoms with van der Waals surface area (Å²) in [6.45, 7) is -1.42. The van der Waals surface area contributed by atoms with E-state index in [1.165, 1.54) is 0 Å². The van der Waals surface area contributed by atoms with Gasteiger partial charge in [-0.15, -0.1) is 11.6 Å². The molecule has 0 amide bonds. The summed E-state index contributed by atoms with van der Waals surface area (Å²) in [5.74, 6) is -0.902. The summed E-state index contributed by atoms with van der Waals surface area (Å²) < 4.78 is 0. The van der Waals surface area contributed by atoms with E-state index in [0.29, 0.717) is 0 Å². The van der Waals surface area contributed by atoms with Crippen LogP contribution in [0.1, 0.15) is 0 Å². The minimum absolute atomic E-state index is 0.669. The van der Waals surface area contributed by atoms with Crippen LogP contribution in [0.15, 0.2) is 0 Å². The van der Waals surface area contributed by atoms with Crippen molar-refractivity contribution in [3.05, 3.63) is 0 Å². The van der Waals surface area contributed by atoms with Gasteiger partial charge in [-0.3, -0.25) is 4.79 Å². The van der Waals surface area contributed by atoms with Gasteiger partial charge in [0.15, 0.2) is 5.78 Å². The molecule has 0 aromatic carbocycles. The Kier molecular flexibility index (Phi) is 5.36. The number of rotatable bonds is 5. The molecule has 4 N–H and O–H groups in total. The van der Waals surface area contributed by atoms with Gasteiger partial charge in [0.2, 0.25) is 0 Å². The number of carbonyl (C=O) groups is 1. The summed E-state index contributed by atoms with van der Waals surface area (Å²) in [6.07, 6.45) is -3.02. The monoisotopic (exact) mass is 198 g/mol. The van der Waals surface area contributed by atoms with Gasteiger partial charge in [-0.2, -0.15) is 0 Å². The number of hydrogen-bond acceptors (Lipinski definition) is 5. The van der Waals surface area contributed by atoms with Crippen LogP contribution in [0.2, 0.25) is 0 Å². The molecule has 0 aromatic rings. The predicted molar refractivity (Wildman–Crippen MR) is 40.8 cm³/mol. The first-order chi connectivity index (χ1) is 5.54. The molecule has 0 unspecified atom stereocenters. The molecule has 6 heteroatoms. The Hall–Kier alpha value is -0.200. The van der Waals surface area contributed by atoms with Crippen LogP contribution in [0.3, 0.4) is 0 Å². The zero-order valence-corrected chi connectivity index (χ0v) is 6.98. The second-order valence-electron chi connectivity index (χ2n) is 2.25. The van der Waals surface area contributed by atoms with Crippen LogP contribution in [-0.2, 0) is 4.79 Å². The third kappa shape index (κ3) is 3.04. The molecule has 3 atom stereocenters. The maximum absolute atomic E-state index is 10.9. The Balaban J connectivity index is 4.09. The molecule has 0 heterocycles. The summed E-state index contributed by atoms with van der Waals surface area (Å²) in [5, 5.41) is 32.9. The highest BCUT2D eigenvalue weighted by Crippen LogP contribution is 2.06. The van der Waals surface area contributed by atoms with Gasteiger partial charge in [-0.1, -0.05) is 0 Å². The fourth-order valence-electron chi connectivity index (χ4n) is 0.556. The second kappa shape index (κ2) is 5.45. The van der Waals surface area contributed by atoms with E-state index >= 15 is 0 Å². The number of aliphatic hydroxyl groups is 4. The Labute approximate surface area is 74.2 Å². The lowest BCUT2D eigenvalue weighted by atomic mass is 10.1. The topological polar surface area (TPSA) is 98.0 Å². The molecule has 0 aliphatic heterocycles. The van der Waals surface area contributed by atoms with E-state index in [1.54, 1.807) is 0 Å². The Bertz CT molecular complexity index is 151. The van der Waals surface area contributed by atoms with Gasteiger partial charge in [0.1, 0.15) is 17.6 Å². The zero-order valence-electron chi connectivity index (χ0n) is 6.22. The van der Waals surface area contributed by atoms with Crippen LogP contribution in [0.5, 0.6) is 0 Å². The molecule has 12 heavy (non-hydrogen) atoms. The average molecular weight is 199 g/mol. The quantitative estimate of drug-likeness (QED) is 0.379. The van der Waals surface area contributed by atoms with Crippen LogP contribution in [0, 0.1) is 0 Å². The van der Waals surface area contributed by atoms with E-state index in [2.05, 4.69) is 0 Å². The minimum Gasteiger partial charge on any atom is -0.394 e. The van der Waals surface area contributed by atoms with E-state index in [1.807, 2.05) is 0 Å². The molecular weight excluding hydrogens is 188 g/mol. The lowest BCUT2D eigenvalue weighted by Gasteiger charge is -2.15. The molecule has 72 valence electrons. The average Bonchev–Trinajstić information content (AvgIpc) is 2.12. The molecule has 0 spiro atoms. The van der Waals surface area contributed by atoms with Gasteiger partial charge >= 0.3 is 0 Å². The first-order valence-electron chi connectivity index (χ1n) is 3.30. The molecule has 0 radical (unpaired) electrons. The molecule has 5 nitrogen and oxygen atoms in total. The van der Waals surface area contributed by atoms with Crippen LogP contribution in [0.4, 0.5) is 0 Å². The maximum atomic E-state index is 10.9. The van der Waals surface area contributed by atoms with Gasteiger partial charge in [0.25, 0.3) is 0 Å².